The molecule has 6 heteroatoms. The number of hydrogen-bond donors (Lipinski definition) is 2. The Morgan fingerprint density at radius 2 is 1.86 bits per heavy atom. The van der Waals surface area contributed by atoms with E-state index in [4.69, 9.17) is 21.7 Å². The largest absolute Gasteiger partial charge is 0.496 e. The Labute approximate surface area is 173 Å². The average molecular weight is 401 g/mol. The Morgan fingerprint density at radius 3 is 2.50 bits per heavy atom. The minimum absolute atomic E-state index is 0.673. The molecule has 0 unspecified atom stereocenters. The number of thiocarbonyl (C=S) groups is 1. The van der Waals surface area contributed by atoms with Gasteiger partial charge >= 0.3 is 0 Å². The maximum Gasteiger partial charge on any atom is 0.173 e. The van der Waals surface area contributed by atoms with Gasteiger partial charge in [-0.3, -0.25) is 0 Å². The van der Waals surface area contributed by atoms with Crippen molar-refractivity contribution >= 4 is 23.0 Å². The average Bonchev–Trinajstić information content (AvgIpc) is 2.70. The predicted octanol–water partition coefficient (Wildman–Crippen LogP) is 2.50. The molecule has 0 saturated carbocycles. The van der Waals surface area contributed by atoms with Gasteiger partial charge in [0.25, 0.3) is 0 Å². The highest BCUT2D eigenvalue weighted by atomic mass is 32.1. The summed E-state index contributed by atoms with van der Waals surface area (Å²) in [4.78, 5) is 3.81. The van der Waals surface area contributed by atoms with Crippen molar-refractivity contribution in [3.63, 3.8) is 0 Å². The van der Waals surface area contributed by atoms with Crippen molar-refractivity contribution in [2.75, 3.05) is 45.2 Å². The lowest BCUT2D eigenvalue weighted by Crippen LogP contribution is -3.13. The number of aryl methyl sites for hydroxylation is 1. The van der Waals surface area contributed by atoms with Gasteiger partial charge in [0.1, 0.15) is 18.0 Å². The molecule has 2 aromatic rings. The number of quaternary nitrogens is 1. The summed E-state index contributed by atoms with van der Waals surface area (Å²) in [6.45, 7) is 9.78. The third-order valence-corrected chi connectivity index (χ3v) is 5.41. The third-order valence-electron chi connectivity index (χ3n) is 5.05. The van der Waals surface area contributed by atoms with Gasteiger partial charge in [0.05, 0.1) is 39.9 Å². The van der Waals surface area contributed by atoms with E-state index in [0.717, 1.165) is 55.0 Å². The molecule has 0 spiro atoms. The maximum atomic E-state index is 5.62. The second-order valence-corrected chi connectivity index (χ2v) is 7.50. The summed E-state index contributed by atoms with van der Waals surface area (Å²) in [7, 11) is 1.74. The molecule has 0 aliphatic carbocycles. The number of piperazine rings is 1. The van der Waals surface area contributed by atoms with E-state index in [1.165, 1.54) is 11.1 Å². The molecule has 0 atom stereocenters. The molecule has 0 amide bonds. The number of benzene rings is 2. The van der Waals surface area contributed by atoms with E-state index in [0.29, 0.717) is 6.61 Å². The molecule has 150 valence electrons. The summed E-state index contributed by atoms with van der Waals surface area (Å²) in [6, 6.07) is 14.3. The van der Waals surface area contributed by atoms with Crippen molar-refractivity contribution in [2.45, 2.75) is 20.4 Å². The highest BCUT2D eigenvalue weighted by Gasteiger charge is 2.23. The van der Waals surface area contributed by atoms with E-state index >= 15 is 0 Å². The Hall–Kier alpha value is -2.31. The first kappa shape index (κ1) is 20.4. The van der Waals surface area contributed by atoms with Crippen LogP contribution in [0, 0.1) is 6.92 Å². The fraction of sp³-hybridized carbons (Fsp3) is 0.409. The first-order valence-electron chi connectivity index (χ1n) is 9.85. The van der Waals surface area contributed by atoms with Crippen LogP contribution in [0.2, 0.25) is 0 Å². The van der Waals surface area contributed by atoms with E-state index < -0.39 is 0 Å². The SMILES string of the molecule is CCOc1ccc(NC(=S)N2CC[NH+](Cc3cc(C)ccc3OC)CC2)cc1. The molecule has 5 nitrogen and oxygen atoms in total. The zero-order chi connectivity index (χ0) is 19.9. The van der Waals surface area contributed by atoms with Crippen LogP contribution in [-0.4, -0.2) is 49.9 Å². The summed E-state index contributed by atoms with van der Waals surface area (Å²) in [5, 5.41) is 4.13. The molecule has 1 aliphatic heterocycles. The van der Waals surface area contributed by atoms with Crippen LogP contribution in [0.25, 0.3) is 0 Å². The number of rotatable bonds is 6. The second-order valence-electron chi connectivity index (χ2n) is 7.12. The number of anilines is 1. The van der Waals surface area contributed by atoms with Gasteiger partial charge < -0.3 is 24.6 Å². The molecule has 0 bridgehead atoms. The number of ether oxygens (including phenoxy) is 2. The molecule has 2 aromatic carbocycles. The van der Waals surface area contributed by atoms with Crippen LogP contribution in [0.5, 0.6) is 11.5 Å². The molecule has 1 heterocycles. The highest BCUT2D eigenvalue weighted by Crippen LogP contribution is 2.19. The van der Waals surface area contributed by atoms with Crippen LogP contribution in [-0.2, 0) is 6.54 Å². The summed E-state index contributed by atoms with van der Waals surface area (Å²) < 4.78 is 11.0. The molecule has 0 aromatic heterocycles. The molecule has 1 saturated heterocycles. The Kier molecular flexibility index (Phi) is 7.12. The van der Waals surface area contributed by atoms with Crippen molar-refractivity contribution in [3.8, 4) is 11.5 Å². The smallest absolute Gasteiger partial charge is 0.173 e. The van der Waals surface area contributed by atoms with Gasteiger partial charge in [-0.25, -0.2) is 0 Å². The van der Waals surface area contributed by atoms with Gasteiger partial charge in [0, 0.05) is 11.3 Å². The molecular formula is C22H30N3O2S+. The maximum absolute atomic E-state index is 5.62. The lowest BCUT2D eigenvalue weighted by molar-refractivity contribution is -0.917. The first-order valence-corrected chi connectivity index (χ1v) is 10.3. The topological polar surface area (TPSA) is 38.2 Å². The van der Waals surface area contributed by atoms with Gasteiger partial charge in [-0.2, -0.15) is 0 Å². The summed E-state index contributed by atoms with van der Waals surface area (Å²) in [5.74, 6) is 1.86. The van der Waals surface area contributed by atoms with Crippen LogP contribution in [0.15, 0.2) is 42.5 Å². The summed E-state index contributed by atoms with van der Waals surface area (Å²) >= 11 is 5.62. The monoisotopic (exact) mass is 400 g/mol. The second kappa shape index (κ2) is 9.75. The summed E-state index contributed by atoms with van der Waals surface area (Å²) in [6.07, 6.45) is 0. The zero-order valence-corrected chi connectivity index (χ0v) is 17.8. The molecule has 1 fully saturated rings. The predicted molar refractivity (Wildman–Crippen MR) is 118 cm³/mol. The van der Waals surface area contributed by atoms with E-state index in [-0.39, 0.29) is 0 Å². The molecular weight excluding hydrogens is 370 g/mol. The lowest BCUT2D eigenvalue weighted by atomic mass is 10.1. The fourth-order valence-electron chi connectivity index (χ4n) is 3.52. The van der Waals surface area contributed by atoms with Crippen molar-refractivity contribution in [1.82, 2.24) is 4.90 Å². The number of methoxy groups -OCH3 is 1. The van der Waals surface area contributed by atoms with Crippen LogP contribution < -0.4 is 19.7 Å². The van der Waals surface area contributed by atoms with Crippen molar-refractivity contribution < 1.29 is 14.4 Å². The Bertz CT molecular complexity index is 787. The van der Waals surface area contributed by atoms with Gasteiger partial charge in [0.15, 0.2) is 5.11 Å². The third kappa shape index (κ3) is 5.36. The van der Waals surface area contributed by atoms with E-state index in [1.54, 1.807) is 12.0 Å². The highest BCUT2D eigenvalue weighted by molar-refractivity contribution is 7.80. The molecule has 28 heavy (non-hydrogen) atoms. The zero-order valence-electron chi connectivity index (χ0n) is 17.0. The number of nitrogens with zero attached hydrogens (tertiary/aromatic N) is 1. The normalized spacial score (nSPS) is 14.6. The Balaban J connectivity index is 1.50. The minimum atomic E-state index is 0.673. The van der Waals surface area contributed by atoms with Crippen LogP contribution in [0.4, 0.5) is 5.69 Å². The molecule has 2 N–H and O–H groups in total. The lowest BCUT2D eigenvalue weighted by Gasteiger charge is -2.34. The molecule has 1 aliphatic rings. The van der Waals surface area contributed by atoms with Gasteiger partial charge in [-0.1, -0.05) is 11.6 Å². The minimum Gasteiger partial charge on any atom is -0.496 e. The summed E-state index contributed by atoms with van der Waals surface area (Å²) in [5.41, 5.74) is 3.54. The fourth-order valence-corrected chi connectivity index (χ4v) is 3.82. The molecule has 0 radical (unpaired) electrons. The number of nitrogens with one attached hydrogen (secondary N) is 2. The number of hydrogen-bond acceptors (Lipinski definition) is 3. The van der Waals surface area contributed by atoms with Crippen molar-refractivity contribution in [3.05, 3.63) is 53.6 Å². The van der Waals surface area contributed by atoms with Crippen LogP contribution in [0.3, 0.4) is 0 Å². The first-order chi connectivity index (χ1) is 13.6. The quantitative estimate of drug-likeness (QED) is 0.729. The van der Waals surface area contributed by atoms with Crippen LogP contribution in [0.1, 0.15) is 18.1 Å². The van der Waals surface area contributed by atoms with Crippen LogP contribution >= 0.6 is 12.2 Å². The van der Waals surface area contributed by atoms with Crippen molar-refractivity contribution in [1.29, 1.82) is 0 Å². The van der Waals surface area contributed by atoms with E-state index in [1.807, 2.05) is 31.2 Å². The van der Waals surface area contributed by atoms with Gasteiger partial charge in [-0.05, 0) is 62.5 Å². The standard InChI is InChI=1S/C22H29N3O2S/c1-4-27-20-8-6-19(7-9-20)23-22(28)25-13-11-24(12-14-25)16-18-15-17(2)5-10-21(18)26-3/h5-10,15H,4,11-14,16H2,1-3H3,(H,23,28)/p+1. The van der Waals surface area contributed by atoms with E-state index in [2.05, 4.69) is 35.3 Å². The van der Waals surface area contributed by atoms with Gasteiger partial charge in [-0.15, -0.1) is 0 Å². The van der Waals surface area contributed by atoms with Crippen molar-refractivity contribution in [2.24, 2.45) is 0 Å². The molecule has 3 rings (SSSR count). The van der Waals surface area contributed by atoms with E-state index in [9.17, 15) is 0 Å². The van der Waals surface area contributed by atoms with Gasteiger partial charge in [0.2, 0.25) is 0 Å². The Morgan fingerprint density at radius 1 is 1.14 bits per heavy atom.